The van der Waals surface area contributed by atoms with Gasteiger partial charge in [0.05, 0.1) is 7.11 Å². The Morgan fingerprint density at radius 1 is 1.07 bits per heavy atom. The average molecular weight is 370 g/mol. The predicted octanol–water partition coefficient (Wildman–Crippen LogP) is 3.79. The number of ether oxygens (including phenoxy) is 1. The van der Waals surface area contributed by atoms with Crippen LogP contribution < -0.4 is 5.32 Å². The van der Waals surface area contributed by atoms with Crippen molar-refractivity contribution in [2.24, 2.45) is 5.92 Å². The van der Waals surface area contributed by atoms with Gasteiger partial charge in [-0.25, -0.2) is 4.79 Å². The molecule has 5 heteroatoms. The van der Waals surface area contributed by atoms with E-state index in [-0.39, 0.29) is 17.9 Å². The Balaban J connectivity index is 1.25. The van der Waals surface area contributed by atoms with Crippen LogP contribution in [0.2, 0.25) is 0 Å². The second-order valence-electron chi connectivity index (χ2n) is 8.57. The number of carbonyl (C=O) groups is 2. The van der Waals surface area contributed by atoms with E-state index >= 15 is 0 Å². The van der Waals surface area contributed by atoms with Crippen molar-refractivity contribution in [1.82, 2.24) is 10.2 Å². The highest BCUT2D eigenvalue weighted by Gasteiger charge is 2.41. The number of rotatable bonds is 5. The van der Waals surface area contributed by atoms with Gasteiger partial charge in [0.15, 0.2) is 0 Å². The van der Waals surface area contributed by atoms with Crippen LogP contribution in [-0.2, 0) is 9.53 Å². The molecule has 0 radical (unpaired) electrons. The van der Waals surface area contributed by atoms with E-state index in [0.717, 1.165) is 31.6 Å². The molecule has 0 unspecified atom stereocenters. The lowest BCUT2D eigenvalue weighted by atomic mass is 9.72. The topological polar surface area (TPSA) is 58.6 Å². The Morgan fingerprint density at radius 2 is 1.74 bits per heavy atom. The van der Waals surface area contributed by atoms with Crippen LogP contribution in [0.5, 0.6) is 0 Å². The van der Waals surface area contributed by atoms with E-state index < -0.39 is 6.09 Å². The molecule has 0 atom stereocenters. The summed E-state index contributed by atoms with van der Waals surface area (Å²) < 4.78 is 4.61. The lowest BCUT2D eigenvalue weighted by Crippen LogP contribution is -2.53. The maximum Gasteiger partial charge on any atom is 0.407 e. The van der Waals surface area contributed by atoms with E-state index in [0.29, 0.717) is 12.0 Å². The molecule has 0 heterocycles. The molecular weight excluding hydrogens is 340 g/mol. The fraction of sp³-hybridized carbons (Fsp3) is 0.636. The number of hydrogen-bond acceptors (Lipinski definition) is 3. The molecule has 0 aromatic heterocycles. The molecular formula is C22H30N2O3. The van der Waals surface area contributed by atoms with Crippen molar-refractivity contribution in [2.45, 2.75) is 68.9 Å². The summed E-state index contributed by atoms with van der Waals surface area (Å²) in [5.74, 6) is 1.62. The Labute approximate surface area is 161 Å². The van der Waals surface area contributed by atoms with Crippen LogP contribution in [0.25, 0.3) is 0 Å². The van der Waals surface area contributed by atoms with Crippen molar-refractivity contribution in [1.29, 1.82) is 0 Å². The first-order valence-electron chi connectivity index (χ1n) is 10.3. The minimum Gasteiger partial charge on any atom is -0.453 e. The van der Waals surface area contributed by atoms with Crippen molar-refractivity contribution >= 4 is 12.0 Å². The summed E-state index contributed by atoms with van der Waals surface area (Å²) in [6.07, 6.45) is 7.19. The van der Waals surface area contributed by atoms with Crippen molar-refractivity contribution in [2.75, 3.05) is 14.2 Å². The molecule has 0 spiro atoms. The van der Waals surface area contributed by atoms with E-state index in [1.165, 1.54) is 37.5 Å². The normalized spacial score (nSPS) is 29.7. The zero-order chi connectivity index (χ0) is 19.0. The molecule has 27 heavy (non-hydrogen) atoms. The third-order valence-corrected chi connectivity index (χ3v) is 6.96. The number of nitrogens with one attached hydrogen (secondary N) is 1. The van der Waals surface area contributed by atoms with Gasteiger partial charge in [-0.1, -0.05) is 30.7 Å². The highest BCUT2D eigenvalue weighted by Crippen LogP contribution is 2.43. The van der Waals surface area contributed by atoms with Gasteiger partial charge in [-0.3, -0.25) is 4.79 Å². The summed E-state index contributed by atoms with van der Waals surface area (Å²) in [5.41, 5.74) is 2.95. The fourth-order valence-electron chi connectivity index (χ4n) is 4.62. The molecule has 3 fully saturated rings. The maximum atomic E-state index is 12.7. The second kappa shape index (κ2) is 7.53. The Morgan fingerprint density at radius 3 is 2.33 bits per heavy atom. The molecule has 146 valence electrons. The Kier molecular flexibility index (Phi) is 5.11. The van der Waals surface area contributed by atoms with E-state index in [9.17, 15) is 9.59 Å². The zero-order valence-corrected chi connectivity index (χ0v) is 16.3. The van der Waals surface area contributed by atoms with Crippen LogP contribution in [0.15, 0.2) is 24.3 Å². The van der Waals surface area contributed by atoms with Gasteiger partial charge in [-0.2, -0.15) is 0 Å². The minimum absolute atomic E-state index is 0.0400. The first-order valence-corrected chi connectivity index (χ1v) is 10.3. The molecule has 3 saturated carbocycles. The van der Waals surface area contributed by atoms with Crippen LogP contribution in [0.4, 0.5) is 4.79 Å². The number of nitrogens with zero attached hydrogens (tertiary/aromatic N) is 1. The second-order valence-corrected chi connectivity index (χ2v) is 8.57. The predicted molar refractivity (Wildman–Crippen MR) is 104 cm³/mol. The number of carbonyl (C=O) groups excluding carboxylic acids is 2. The summed E-state index contributed by atoms with van der Waals surface area (Å²) in [7, 11) is 3.30. The molecule has 1 aromatic rings. The number of hydrogen-bond donors (Lipinski definition) is 1. The van der Waals surface area contributed by atoms with E-state index in [2.05, 4.69) is 34.3 Å². The van der Waals surface area contributed by atoms with E-state index in [1.54, 1.807) is 0 Å². The highest BCUT2D eigenvalue weighted by atomic mass is 16.5. The lowest BCUT2D eigenvalue weighted by molar-refractivity contribution is -0.141. The van der Waals surface area contributed by atoms with Gasteiger partial charge >= 0.3 is 6.09 Å². The van der Waals surface area contributed by atoms with Crippen molar-refractivity contribution in [3.05, 3.63) is 35.4 Å². The summed E-state index contributed by atoms with van der Waals surface area (Å²) in [6, 6.07) is 9.55. The molecule has 0 saturated heterocycles. The maximum absolute atomic E-state index is 12.7. The quantitative estimate of drug-likeness (QED) is 0.858. The first kappa shape index (κ1) is 18.3. The van der Waals surface area contributed by atoms with Crippen molar-refractivity contribution in [3.63, 3.8) is 0 Å². The SMILES string of the molecule is COC(=O)NC1CC(C(=O)N(C)C2CC(c3cccc(C4CCC4)c3)C2)C1. The molecule has 4 rings (SSSR count). The molecule has 5 nitrogen and oxygen atoms in total. The molecule has 0 bridgehead atoms. The van der Waals surface area contributed by atoms with Crippen LogP contribution >= 0.6 is 0 Å². The zero-order valence-electron chi connectivity index (χ0n) is 16.3. The van der Waals surface area contributed by atoms with Crippen LogP contribution in [0.3, 0.4) is 0 Å². The third kappa shape index (κ3) is 3.69. The summed E-state index contributed by atoms with van der Waals surface area (Å²) >= 11 is 0. The minimum atomic E-state index is -0.412. The standard InChI is InChI=1S/C22H30N2O3/c1-24(21(25)18-10-19(11-18)23-22(26)27-2)20-12-17(13-20)16-8-4-7-15(9-16)14-5-3-6-14/h4,7-9,14,17-20H,3,5-6,10-13H2,1-2H3,(H,23,26). The van der Waals surface area contributed by atoms with Gasteiger partial charge < -0.3 is 15.0 Å². The summed E-state index contributed by atoms with van der Waals surface area (Å²) in [5, 5.41) is 2.77. The molecule has 1 aromatic carbocycles. The average Bonchev–Trinajstić information content (AvgIpc) is 2.54. The van der Waals surface area contributed by atoms with Gasteiger partial charge in [0, 0.05) is 25.0 Å². The highest BCUT2D eigenvalue weighted by molar-refractivity contribution is 5.80. The summed E-state index contributed by atoms with van der Waals surface area (Å²) in [6.45, 7) is 0. The molecule has 1 N–H and O–H groups in total. The van der Waals surface area contributed by atoms with Crippen molar-refractivity contribution in [3.8, 4) is 0 Å². The number of methoxy groups -OCH3 is 1. The van der Waals surface area contributed by atoms with Gasteiger partial charge in [0.1, 0.15) is 0 Å². The fourth-order valence-corrected chi connectivity index (χ4v) is 4.62. The Hall–Kier alpha value is -2.04. The van der Waals surface area contributed by atoms with Crippen LogP contribution in [-0.4, -0.2) is 43.1 Å². The monoisotopic (exact) mass is 370 g/mol. The van der Waals surface area contributed by atoms with Crippen molar-refractivity contribution < 1.29 is 14.3 Å². The van der Waals surface area contributed by atoms with E-state index in [4.69, 9.17) is 0 Å². The smallest absolute Gasteiger partial charge is 0.407 e. The number of amides is 2. The molecule has 3 aliphatic rings. The molecule has 2 amide bonds. The lowest BCUT2D eigenvalue weighted by Gasteiger charge is -2.45. The van der Waals surface area contributed by atoms with Crippen LogP contribution in [0, 0.1) is 5.92 Å². The number of alkyl carbamates (subject to hydrolysis) is 1. The third-order valence-electron chi connectivity index (χ3n) is 6.96. The Bertz CT molecular complexity index is 703. The van der Waals surface area contributed by atoms with Gasteiger partial charge in [0.25, 0.3) is 0 Å². The largest absolute Gasteiger partial charge is 0.453 e. The molecule has 0 aliphatic heterocycles. The van der Waals surface area contributed by atoms with Gasteiger partial charge in [0.2, 0.25) is 5.91 Å². The first-order chi connectivity index (χ1) is 13.0. The van der Waals surface area contributed by atoms with Gasteiger partial charge in [-0.05, 0) is 61.5 Å². The van der Waals surface area contributed by atoms with Crippen LogP contribution in [0.1, 0.15) is 67.9 Å². The van der Waals surface area contributed by atoms with E-state index in [1.807, 2.05) is 11.9 Å². The molecule has 3 aliphatic carbocycles. The summed E-state index contributed by atoms with van der Waals surface area (Å²) in [4.78, 5) is 25.8. The number of benzene rings is 1. The van der Waals surface area contributed by atoms with Gasteiger partial charge in [-0.15, -0.1) is 0 Å².